The molecule has 2 heterocycles. The van der Waals surface area contributed by atoms with Gasteiger partial charge in [0.25, 0.3) is 0 Å². The molecule has 1 amide bonds. The predicted octanol–water partition coefficient (Wildman–Crippen LogP) is 2.68. The summed E-state index contributed by atoms with van der Waals surface area (Å²) in [6, 6.07) is 6.99. The molecule has 0 aromatic heterocycles. The number of anilines is 1. The van der Waals surface area contributed by atoms with Gasteiger partial charge in [0.05, 0.1) is 5.69 Å². The molecule has 0 radical (unpaired) electrons. The minimum atomic E-state index is 0.353. The molecule has 1 aromatic rings. The Kier molecular flexibility index (Phi) is 1.78. The maximum atomic E-state index is 12.2. The molecule has 1 saturated carbocycles. The fourth-order valence-electron chi connectivity index (χ4n) is 4.15. The van der Waals surface area contributed by atoms with Crippen molar-refractivity contribution in [3.63, 3.8) is 0 Å². The van der Waals surface area contributed by atoms with E-state index in [2.05, 4.69) is 30.0 Å². The van der Waals surface area contributed by atoms with Crippen molar-refractivity contribution >= 4 is 11.6 Å². The number of amides is 1. The van der Waals surface area contributed by atoms with E-state index < -0.39 is 0 Å². The molecule has 88 valence electrons. The van der Waals surface area contributed by atoms with Crippen LogP contribution >= 0.6 is 0 Å². The maximum Gasteiger partial charge on any atom is 0.227 e. The van der Waals surface area contributed by atoms with Crippen LogP contribution in [0.5, 0.6) is 0 Å². The number of aryl methyl sites for hydroxylation is 1. The van der Waals surface area contributed by atoms with Crippen LogP contribution in [0.1, 0.15) is 30.4 Å². The molecule has 3 aliphatic rings. The molecule has 4 rings (SSSR count). The minimum absolute atomic E-state index is 0.353. The first-order valence-corrected chi connectivity index (χ1v) is 6.66. The third kappa shape index (κ3) is 1.13. The number of para-hydroxylation sites is 1. The second-order valence-electron chi connectivity index (χ2n) is 5.84. The van der Waals surface area contributed by atoms with Gasteiger partial charge in [0, 0.05) is 12.5 Å². The number of hydrogen-bond acceptors (Lipinski definition) is 1. The number of carbonyl (C=O) groups is 1. The summed E-state index contributed by atoms with van der Waals surface area (Å²) in [7, 11) is 0. The molecule has 3 atom stereocenters. The SMILES string of the molecule is Cc1cccc2c1N1C(=O)CC[C@@H]3C[C@@H](C2)[C@H]31. The van der Waals surface area contributed by atoms with Crippen molar-refractivity contribution in [2.24, 2.45) is 11.8 Å². The minimum Gasteiger partial charge on any atom is -0.308 e. The Hall–Kier alpha value is -1.31. The Morgan fingerprint density at radius 3 is 3.06 bits per heavy atom. The highest BCUT2D eigenvalue weighted by molar-refractivity contribution is 5.97. The van der Waals surface area contributed by atoms with E-state index in [0.29, 0.717) is 11.9 Å². The van der Waals surface area contributed by atoms with Crippen LogP contribution in [0.25, 0.3) is 0 Å². The summed E-state index contributed by atoms with van der Waals surface area (Å²) in [6.07, 6.45) is 4.39. The van der Waals surface area contributed by atoms with Crippen LogP contribution in [-0.4, -0.2) is 11.9 Å². The van der Waals surface area contributed by atoms with E-state index in [4.69, 9.17) is 0 Å². The van der Waals surface area contributed by atoms with Crippen molar-refractivity contribution in [3.05, 3.63) is 29.3 Å². The van der Waals surface area contributed by atoms with Crippen LogP contribution < -0.4 is 4.90 Å². The molecule has 1 aromatic carbocycles. The molecule has 1 saturated heterocycles. The van der Waals surface area contributed by atoms with E-state index in [1.807, 2.05) is 0 Å². The Labute approximate surface area is 102 Å². The van der Waals surface area contributed by atoms with Gasteiger partial charge < -0.3 is 4.90 Å². The van der Waals surface area contributed by atoms with Crippen molar-refractivity contribution in [1.29, 1.82) is 0 Å². The molecule has 0 unspecified atom stereocenters. The Bertz CT molecular complexity index is 508. The Balaban J connectivity index is 1.90. The standard InChI is InChI=1S/C15H17NO/c1-9-3-2-4-10-7-12-8-11-5-6-13(17)16(14(9)10)15(11)12/h2-4,11-12,15H,5-8H2,1H3/t11-,12-,15+/m1/s1. The average molecular weight is 227 g/mol. The summed E-state index contributed by atoms with van der Waals surface area (Å²) in [6.45, 7) is 2.13. The molecular weight excluding hydrogens is 210 g/mol. The number of rotatable bonds is 0. The molecule has 17 heavy (non-hydrogen) atoms. The van der Waals surface area contributed by atoms with E-state index in [1.165, 1.54) is 29.7 Å². The van der Waals surface area contributed by atoms with Crippen LogP contribution in [0.4, 0.5) is 5.69 Å². The molecule has 2 fully saturated rings. The van der Waals surface area contributed by atoms with Crippen LogP contribution in [0.3, 0.4) is 0 Å². The van der Waals surface area contributed by atoms with Crippen molar-refractivity contribution in [1.82, 2.24) is 0 Å². The zero-order valence-electron chi connectivity index (χ0n) is 10.1. The zero-order chi connectivity index (χ0) is 11.6. The lowest BCUT2D eigenvalue weighted by Crippen LogP contribution is -2.62. The Morgan fingerprint density at radius 2 is 2.18 bits per heavy atom. The fraction of sp³-hybridized carbons (Fsp3) is 0.533. The van der Waals surface area contributed by atoms with Crippen molar-refractivity contribution < 1.29 is 4.79 Å². The lowest BCUT2D eigenvalue weighted by atomic mass is 9.61. The van der Waals surface area contributed by atoms with Crippen LogP contribution in [-0.2, 0) is 11.2 Å². The summed E-state index contributed by atoms with van der Waals surface area (Å²) in [5, 5.41) is 0. The van der Waals surface area contributed by atoms with Gasteiger partial charge in [-0.3, -0.25) is 4.79 Å². The van der Waals surface area contributed by atoms with Gasteiger partial charge in [0.1, 0.15) is 0 Å². The summed E-state index contributed by atoms with van der Waals surface area (Å²) in [5.41, 5.74) is 3.89. The number of benzene rings is 1. The molecule has 0 spiro atoms. The van der Waals surface area contributed by atoms with E-state index in [9.17, 15) is 4.79 Å². The fourth-order valence-corrected chi connectivity index (χ4v) is 4.15. The van der Waals surface area contributed by atoms with Gasteiger partial charge in [-0.25, -0.2) is 0 Å². The second-order valence-corrected chi connectivity index (χ2v) is 5.84. The predicted molar refractivity (Wildman–Crippen MR) is 67.0 cm³/mol. The van der Waals surface area contributed by atoms with E-state index >= 15 is 0 Å². The monoisotopic (exact) mass is 227 g/mol. The summed E-state index contributed by atoms with van der Waals surface area (Å²) in [4.78, 5) is 14.4. The van der Waals surface area contributed by atoms with E-state index in [-0.39, 0.29) is 0 Å². The summed E-state index contributed by atoms with van der Waals surface area (Å²) in [5.74, 6) is 1.87. The quantitative estimate of drug-likeness (QED) is 0.667. The number of carbonyl (C=O) groups excluding carboxylic acids is 1. The third-order valence-corrected chi connectivity index (χ3v) is 4.91. The molecule has 1 aliphatic carbocycles. The highest BCUT2D eigenvalue weighted by Crippen LogP contribution is 2.52. The van der Waals surface area contributed by atoms with Gasteiger partial charge in [0.15, 0.2) is 0 Å². The smallest absolute Gasteiger partial charge is 0.227 e. The van der Waals surface area contributed by atoms with Gasteiger partial charge in [-0.05, 0) is 49.1 Å². The highest BCUT2D eigenvalue weighted by Gasteiger charge is 2.52. The number of piperidine rings is 1. The van der Waals surface area contributed by atoms with Crippen molar-refractivity contribution in [2.45, 2.75) is 38.6 Å². The van der Waals surface area contributed by atoms with Crippen LogP contribution in [0, 0.1) is 18.8 Å². The lowest BCUT2D eigenvalue weighted by molar-refractivity contribution is -0.124. The lowest BCUT2D eigenvalue weighted by Gasteiger charge is -2.57. The van der Waals surface area contributed by atoms with E-state index in [0.717, 1.165) is 24.7 Å². The first-order chi connectivity index (χ1) is 8.25. The van der Waals surface area contributed by atoms with Crippen molar-refractivity contribution in [2.75, 3.05) is 4.90 Å². The zero-order valence-corrected chi connectivity index (χ0v) is 10.1. The average Bonchev–Trinajstić information content (AvgIpc) is 2.29. The van der Waals surface area contributed by atoms with Gasteiger partial charge in [-0.1, -0.05) is 18.2 Å². The summed E-state index contributed by atoms with van der Waals surface area (Å²) < 4.78 is 0. The molecular formula is C15H17NO. The molecule has 0 bridgehead atoms. The highest BCUT2D eigenvalue weighted by atomic mass is 16.2. The van der Waals surface area contributed by atoms with Crippen molar-refractivity contribution in [3.8, 4) is 0 Å². The Morgan fingerprint density at radius 1 is 1.29 bits per heavy atom. The largest absolute Gasteiger partial charge is 0.308 e. The topological polar surface area (TPSA) is 20.3 Å². The molecule has 2 nitrogen and oxygen atoms in total. The molecule has 2 aliphatic heterocycles. The third-order valence-electron chi connectivity index (χ3n) is 4.91. The van der Waals surface area contributed by atoms with Crippen LogP contribution in [0.2, 0.25) is 0 Å². The van der Waals surface area contributed by atoms with Gasteiger partial charge >= 0.3 is 0 Å². The number of fused-ring (bicyclic) bond motifs is 2. The first kappa shape index (κ1) is 9.69. The van der Waals surface area contributed by atoms with Gasteiger partial charge in [0.2, 0.25) is 5.91 Å². The molecule has 0 N–H and O–H groups in total. The van der Waals surface area contributed by atoms with Gasteiger partial charge in [-0.2, -0.15) is 0 Å². The first-order valence-electron chi connectivity index (χ1n) is 6.66. The van der Waals surface area contributed by atoms with E-state index in [1.54, 1.807) is 0 Å². The second kappa shape index (κ2) is 3.12. The van der Waals surface area contributed by atoms with Crippen LogP contribution in [0.15, 0.2) is 18.2 Å². The van der Waals surface area contributed by atoms with Gasteiger partial charge in [-0.15, -0.1) is 0 Å². The molecule has 2 heteroatoms. The summed E-state index contributed by atoms with van der Waals surface area (Å²) >= 11 is 0. The maximum absolute atomic E-state index is 12.2. The number of nitrogens with zero attached hydrogens (tertiary/aromatic N) is 1. The normalized spacial score (nSPS) is 33.8. The number of hydrogen-bond donors (Lipinski definition) is 0.